The van der Waals surface area contributed by atoms with E-state index in [-0.39, 0.29) is 0 Å². The van der Waals surface area contributed by atoms with Gasteiger partial charge in [-0.05, 0) is 56.3 Å². The molecule has 1 unspecified atom stereocenters. The van der Waals surface area contributed by atoms with Crippen molar-refractivity contribution in [1.29, 1.82) is 0 Å². The summed E-state index contributed by atoms with van der Waals surface area (Å²) in [4.78, 5) is 15.0. The van der Waals surface area contributed by atoms with E-state index in [1.807, 2.05) is 6.07 Å². The van der Waals surface area contributed by atoms with Crippen molar-refractivity contribution in [2.24, 2.45) is 11.8 Å². The minimum atomic E-state index is -0.813. The van der Waals surface area contributed by atoms with Crippen molar-refractivity contribution in [3.8, 4) is 0 Å². The maximum absolute atomic E-state index is 10.9. The molecule has 1 aliphatic rings. The first kappa shape index (κ1) is 14.5. The Hall–Kier alpha value is -0.870. The van der Waals surface area contributed by atoms with Crippen LogP contribution in [0.15, 0.2) is 12.1 Å². The molecule has 0 aromatic carbocycles. The van der Waals surface area contributed by atoms with Gasteiger partial charge in [-0.15, -0.1) is 11.3 Å². The Morgan fingerprint density at radius 3 is 2.84 bits per heavy atom. The number of carboxylic acids is 1. The Kier molecular flexibility index (Phi) is 4.99. The molecule has 2 rings (SSSR count). The topological polar surface area (TPSA) is 40.5 Å². The van der Waals surface area contributed by atoms with Crippen molar-refractivity contribution < 1.29 is 9.90 Å². The Balaban J connectivity index is 1.90. The minimum Gasteiger partial charge on any atom is -0.477 e. The molecule has 0 aliphatic carbocycles. The predicted molar refractivity (Wildman–Crippen MR) is 78.7 cm³/mol. The quantitative estimate of drug-likeness (QED) is 0.914. The van der Waals surface area contributed by atoms with Gasteiger partial charge in [-0.1, -0.05) is 13.8 Å². The summed E-state index contributed by atoms with van der Waals surface area (Å²) in [5.74, 6) is 0.815. The molecular weight excluding hydrogens is 258 g/mol. The highest BCUT2D eigenvalue weighted by molar-refractivity contribution is 7.13. The van der Waals surface area contributed by atoms with Gasteiger partial charge in [0, 0.05) is 11.4 Å². The van der Waals surface area contributed by atoms with Crippen LogP contribution in [0, 0.1) is 11.8 Å². The zero-order valence-electron chi connectivity index (χ0n) is 11.8. The van der Waals surface area contributed by atoms with Crippen LogP contribution in [0.2, 0.25) is 0 Å². The number of rotatable bonds is 4. The lowest BCUT2D eigenvalue weighted by Crippen LogP contribution is -2.24. The molecule has 0 bridgehead atoms. The third-order valence-corrected chi connectivity index (χ3v) is 5.12. The van der Waals surface area contributed by atoms with Crippen LogP contribution in [0.1, 0.15) is 47.7 Å². The Morgan fingerprint density at radius 1 is 1.42 bits per heavy atom. The number of hydrogen-bond acceptors (Lipinski definition) is 3. The summed E-state index contributed by atoms with van der Waals surface area (Å²) < 4.78 is 0. The summed E-state index contributed by atoms with van der Waals surface area (Å²) in [5.41, 5.74) is 0. The fourth-order valence-electron chi connectivity index (χ4n) is 2.80. The van der Waals surface area contributed by atoms with E-state index in [1.54, 1.807) is 6.07 Å². The van der Waals surface area contributed by atoms with Crippen molar-refractivity contribution in [2.75, 3.05) is 13.1 Å². The molecule has 2 heterocycles. The highest BCUT2D eigenvalue weighted by Gasteiger charge is 2.20. The molecule has 3 nitrogen and oxygen atoms in total. The second-order valence-electron chi connectivity index (χ2n) is 5.78. The first-order valence-electron chi connectivity index (χ1n) is 7.10. The Bertz CT molecular complexity index is 428. The molecule has 1 aromatic heterocycles. The van der Waals surface area contributed by atoms with Crippen LogP contribution in [0.3, 0.4) is 0 Å². The van der Waals surface area contributed by atoms with Gasteiger partial charge in [0.15, 0.2) is 0 Å². The molecule has 1 saturated heterocycles. The standard InChI is InChI=1S/C15H23NO2S/c1-11(2)12-4-3-8-16(9-7-12)10-13-5-6-14(19-13)15(17)18/h5-6,11-12H,3-4,7-10H2,1-2H3,(H,17,18). The molecule has 106 valence electrons. The predicted octanol–water partition coefficient (Wildman–Crippen LogP) is 3.70. The lowest BCUT2D eigenvalue weighted by Gasteiger charge is -2.20. The third-order valence-electron chi connectivity index (χ3n) is 4.06. The molecule has 0 saturated carbocycles. The van der Waals surface area contributed by atoms with Crippen LogP contribution in [-0.4, -0.2) is 29.1 Å². The Morgan fingerprint density at radius 2 is 2.21 bits per heavy atom. The molecule has 1 aromatic rings. The lowest BCUT2D eigenvalue weighted by atomic mass is 9.89. The first-order chi connectivity index (χ1) is 9.06. The van der Waals surface area contributed by atoms with Crippen molar-refractivity contribution in [3.63, 3.8) is 0 Å². The normalized spacial score (nSPS) is 21.5. The van der Waals surface area contributed by atoms with Crippen LogP contribution >= 0.6 is 11.3 Å². The van der Waals surface area contributed by atoms with E-state index in [1.165, 1.54) is 35.5 Å². The summed E-state index contributed by atoms with van der Waals surface area (Å²) in [6.07, 6.45) is 3.87. The number of carboxylic acid groups (broad SMARTS) is 1. The summed E-state index contributed by atoms with van der Waals surface area (Å²) in [6.45, 7) is 7.83. The Labute approximate surface area is 119 Å². The van der Waals surface area contributed by atoms with Gasteiger partial charge in [-0.3, -0.25) is 4.90 Å². The maximum atomic E-state index is 10.9. The molecule has 4 heteroatoms. The fourth-order valence-corrected chi connectivity index (χ4v) is 3.69. The maximum Gasteiger partial charge on any atom is 0.345 e. The monoisotopic (exact) mass is 281 g/mol. The van der Waals surface area contributed by atoms with Crippen molar-refractivity contribution in [2.45, 2.75) is 39.7 Å². The van der Waals surface area contributed by atoms with Crippen LogP contribution in [0.25, 0.3) is 0 Å². The minimum absolute atomic E-state index is 0.449. The van der Waals surface area contributed by atoms with Crippen molar-refractivity contribution in [1.82, 2.24) is 4.90 Å². The van der Waals surface area contributed by atoms with Crippen LogP contribution < -0.4 is 0 Å². The zero-order chi connectivity index (χ0) is 13.8. The van der Waals surface area contributed by atoms with Gasteiger partial charge >= 0.3 is 5.97 Å². The number of likely N-dealkylation sites (tertiary alicyclic amines) is 1. The van der Waals surface area contributed by atoms with E-state index in [9.17, 15) is 4.79 Å². The van der Waals surface area contributed by atoms with Crippen molar-refractivity contribution >= 4 is 17.3 Å². The van der Waals surface area contributed by atoms with Gasteiger partial charge < -0.3 is 5.11 Å². The molecule has 19 heavy (non-hydrogen) atoms. The van der Waals surface area contributed by atoms with Gasteiger partial charge in [0.2, 0.25) is 0 Å². The summed E-state index contributed by atoms with van der Waals surface area (Å²) in [6, 6.07) is 3.68. The zero-order valence-corrected chi connectivity index (χ0v) is 12.6. The van der Waals surface area contributed by atoms with Crippen LogP contribution in [0.5, 0.6) is 0 Å². The highest BCUT2D eigenvalue weighted by Crippen LogP contribution is 2.26. The summed E-state index contributed by atoms with van der Waals surface area (Å²) in [7, 11) is 0. The average Bonchev–Trinajstić information content (AvgIpc) is 2.68. The third kappa shape index (κ3) is 4.05. The molecule has 0 amide bonds. The van der Waals surface area contributed by atoms with Gasteiger partial charge in [-0.25, -0.2) is 4.79 Å². The van der Waals surface area contributed by atoms with E-state index in [4.69, 9.17) is 5.11 Å². The highest BCUT2D eigenvalue weighted by atomic mass is 32.1. The van der Waals surface area contributed by atoms with Gasteiger partial charge in [0.1, 0.15) is 4.88 Å². The number of aromatic carboxylic acids is 1. The van der Waals surface area contributed by atoms with Gasteiger partial charge in [0.05, 0.1) is 0 Å². The average molecular weight is 281 g/mol. The van der Waals surface area contributed by atoms with E-state index in [2.05, 4.69) is 18.7 Å². The molecule has 1 aliphatic heterocycles. The lowest BCUT2D eigenvalue weighted by molar-refractivity contribution is 0.0702. The SMILES string of the molecule is CC(C)C1CCCN(Cc2ccc(C(=O)O)s2)CC1. The molecule has 0 spiro atoms. The smallest absolute Gasteiger partial charge is 0.345 e. The second kappa shape index (κ2) is 6.53. The number of hydrogen-bond donors (Lipinski definition) is 1. The largest absolute Gasteiger partial charge is 0.477 e. The van der Waals surface area contributed by atoms with E-state index in [0.717, 1.165) is 31.5 Å². The number of carbonyl (C=O) groups is 1. The molecule has 0 radical (unpaired) electrons. The van der Waals surface area contributed by atoms with Crippen LogP contribution in [0.4, 0.5) is 0 Å². The van der Waals surface area contributed by atoms with Crippen LogP contribution in [-0.2, 0) is 6.54 Å². The molecule has 1 atom stereocenters. The van der Waals surface area contributed by atoms with E-state index < -0.39 is 5.97 Å². The molecular formula is C15H23NO2S. The first-order valence-corrected chi connectivity index (χ1v) is 7.92. The number of nitrogens with zero attached hydrogens (tertiary/aromatic N) is 1. The second-order valence-corrected chi connectivity index (χ2v) is 6.95. The van der Waals surface area contributed by atoms with Gasteiger partial charge in [0.25, 0.3) is 0 Å². The summed E-state index contributed by atoms with van der Waals surface area (Å²) >= 11 is 1.41. The molecule has 1 N–H and O–H groups in total. The summed E-state index contributed by atoms with van der Waals surface area (Å²) in [5, 5.41) is 8.94. The van der Waals surface area contributed by atoms with E-state index >= 15 is 0 Å². The van der Waals surface area contributed by atoms with E-state index in [0.29, 0.717) is 4.88 Å². The van der Waals surface area contributed by atoms with Gasteiger partial charge in [-0.2, -0.15) is 0 Å². The van der Waals surface area contributed by atoms with Crippen molar-refractivity contribution in [3.05, 3.63) is 21.9 Å². The fraction of sp³-hybridized carbons (Fsp3) is 0.667. The molecule has 1 fully saturated rings. The number of thiophene rings is 1.